The molecule has 0 aromatic heterocycles. The number of aliphatic carboxylic acids is 1. The molecular formula is C19H19Cl2FN2O4. The second-order valence-electron chi connectivity index (χ2n) is 5.84. The summed E-state index contributed by atoms with van der Waals surface area (Å²) in [6.45, 7) is 1.98. The third kappa shape index (κ3) is 5.74. The lowest BCUT2D eigenvalue weighted by Crippen LogP contribution is -2.29. The molecule has 1 amide bonds. The molecule has 28 heavy (non-hydrogen) atoms. The van der Waals surface area contributed by atoms with Crippen LogP contribution in [-0.2, 0) is 11.4 Å². The Balaban J connectivity index is 2.13. The number of carbonyl (C=O) groups excluding carboxylic acids is 1. The molecule has 0 saturated heterocycles. The van der Waals surface area contributed by atoms with Crippen LogP contribution in [0.3, 0.4) is 0 Å². The first-order valence-electron chi connectivity index (χ1n) is 8.46. The summed E-state index contributed by atoms with van der Waals surface area (Å²) < 4.78 is 20.1. The van der Waals surface area contributed by atoms with Gasteiger partial charge in [0.15, 0.2) is 11.6 Å². The number of hydrogen-bond acceptors (Lipinski definition) is 4. The zero-order valence-corrected chi connectivity index (χ0v) is 16.5. The molecule has 0 aliphatic carbocycles. The number of ether oxygens (including phenoxy) is 1. The molecule has 3 N–H and O–H groups in total. The van der Waals surface area contributed by atoms with Gasteiger partial charge in [0.2, 0.25) is 0 Å². The molecule has 0 spiro atoms. The molecule has 0 aliphatic heterocycles. The van der Waals surface area contributed by atoms with Crippen molar-refractivity contribution in [3.8, 4) is 5.75 Å². The van der Waals surface area contributed by atoms with Gasteiger partial charge in [-0.3, -0.25) is 9.59 Å². The third-order valence-corrected chi connectivity index (χ3v) is 4.24. The predicted octanol–water partition coefficient (Wildman–Crippen LogP) is 4.35. The Morgan fingerprint density at radius 2 is 1.89 bits per heavy atom. The number of halogens is 3. The summed E-state index contributed by atoms with van der Waals surface area (Å²) in [7, 11) is 0. The number of carboxylic acids is 1. The lowest BCUT2D eigenvalue weighted by atomic mass is 10.2. The summed E-state index contributed by atoms with van der Waals surface area (Å²) in [5, 5.41) is 13.9. The molecule has 6 nitrogen and oxygen atoms in total. The average molecular weight is 429 g/mol. The van der Waals surface area contributed by atoms with Gasteiger partial charge in [0.1, 0.15) is 13.2 Å². The van der Waals surface area contributed by atoms with E-state index in [4.69, 9.17) is 33.0 Å². The number of carbonyl (C=O) groups is 2. The Labute approximate surface area is 171 Å². The highest BCUT2D eigenvalue weighted by Crippen LogP contribution is 2.35. The third-order valence-electron chi connectivity index (χ3n) is 3.68. The average Bonchev–Trinajstić information content (AvgIpc) is 2.65. The summed E-state index contributed by atoms with van der Waals surface area (Å²) in [5.74, 6) is -2.14. The summed E-state index contributed by atoms with van der Waals surface area (Å²) in [6.07, 6.45) is 0.859. The molecule has 2 aromatic rings. The lowest BCUT2D eigenvalue weighted by molar-refractivity contribution is -0.135. The number of amides is 1. The van der Waals surface area contributed by atoms with Crippen molar-refractivity contribution >= 4 is 40.8 Å². The van der Waals surface area contributed by atoms with Gasteiger partial charge in [0.25, 0.3) is 5.91 Å². The van der Waals surface area contributed by atoms with Crippen LogP contribution in [0.4, 0.5) is 10.1 Å². The molecule has 0 unspecified atom stereocenters. The van der Waals surface area contributed by atoms with Crippen LogP contribution in [0.25, 0.3) is 0 Å². The number of anilines is 1. The molecule has 2 aromatic carbocycles. The van der Waals surface area contributed by atoms with E-state index in [0.717, 1.165) is 6.42 Å². The summed E-state index contributed by atoms with van der Waals surface area (Å²) in [4.78, 5) is 22.5. The lowest BCUT2D eigenvalue weighted by Gasteiger charge is -2.14. The van der Waals surface area contributed by atoms with E-state index in [0.29, 0.717) is 17.8 Å². The van der Waals surface area contributed by atoms with Crippen LogP contribution in [0, 0.1) is 5.82 Å². The molecule has 0 radical (unpaired) electrons. The van der Waals surface area contributed by atoms with Crippen LogP contribution in [0.1, 0.15) is 29.3 Å². The van der Waals surface area contributed by atoms with Crippen molar-refractivity contribution in [2.45, 2.75) is 20.0 Å². The largest absolute Gasteiger partial charge is 0.486 e. The molecule has 9 heteroatoms. The molecule has 0 atom stereocenters. The standard InChI is InChI=1S/C19H19Cl2FN2O4/c1-2-6-23-15-5-3-4-11(17(15)22)10-28-18-13(20)7-12(8-14(18)21)19(27)24-9-16(25)26/h3-5,7-8,23H,2,6,9-10H2,1H3,(H,24,27)(H,25,26). The Bertz CT molecular complexity index is 854. The fourth-order valence-corrected chi connectivity index (χ4v) is 2.92. The minimum atomic E-state index is -1.18. The van der Waals surface area contributed by atoms with Crippen molar-refractivity contribution < 1.29 is 23.8 Å². The van der Waals surface area contributed by atoms with Crippen LogP contribution < -0.4 is 15.4 Å². The van der Waals surface area contributed by atoms with Crippen molar-refractivity contribution in [1.82, 2.24) is 5.32 Å². The first-order valence-corrected chi connectivity index (χ1v) is 9.22. The minimum absolute atomic E-state index is 0.0497. The van der Waals surface area contributed by atoms with Crippen LogP contribution >= 0.6 is 23.2 Å². The Hall–Kier alpha value is -2.51. The zero-order valence-electron chi connectivity index (χ0n) is 15.0. The fourth-order valence-electron chi connectivity index (χ4n) is 2.32. The maximum atomic E-state index is 14.5. The van der Waals surface area contributed by atoms with Gasteiger partial charge < -0.3 is 20.5 Å². The van der Waals surface area contributed by atoms with Crippen LogP contribution in [0.15, 0.2) is 30.3 Å². The number of nitrogens with one attached hydrogen (secondary N) is 2. The van der Waals surface area contributed by atoms with E-state index < -0.39 is 24.2 Å². The van der Waals surface area contributed by atoms with Gasteiger partial charge in [-0.2, -0.15) is 0 Å². The van der Waals surface area contributed by atoms with Gasteiger partial charge in [0, 0.05) is 17.7 Å². The highest BCUT2D eigenvalue weighted by molar-refractivity contribution is 6.37. The zero-order chi connectivity index (χ0) is 20.7. The number of carboxylic acid groups (broad SMARTS) is 1. The van der Waals surface area contributed by atoms with E-state index in [1.807, 2.05) is 6.92 Å². The summed E-state index contributed by atoms with van der Waals surface area (Å²) in [5.41, 5.74) is 0.780. The SMILES string of the molecule is CCCNc1cccc(COc2c(Cl)cc(C(=O)NCC(=O)O)cc2Cl)c1F. The molecular weight excluding hydrogens is 410 g/mol. The van der Waals surface area contributed by atoms with Crippen molar-refractivity contribution in [3.63, 3.8) is 0 Å². The molecule has 0 saturated carbocycles. The quantitative estimate of drug-likeness (QED) is 0.552. The van der Waals surface area contributed by atoms with Crippen molar-refractivity contribution in [2.75, 3.05) is 18.4 Å². The van der Waals surface area contributed by atoms with E-state index in [-0.39, 0.29) is 28.0 Å². The minimum Gasteiger partial charge on any atom is -0.486 e. The Kier molecular flexibility index (Phi) is 7.90. The first kappa shape index (κ1) is 21.8. The molecule has 0 heterocycles. The van der Waals surface area contributed by atoms with Crippen molar-refractivity contribution in [3.05, 3.63) is 57.3 Å². The Morgan fingerprint density at radius 1 is 1.21 bits per heavy atom. The van der Waals surface area contributed by atoms with Gasteiger partial charge in [-0.25, -0.2) is 4.39 Å². The van der Waals surface area contributed by atoms with E-state index in [1.165, 1.54) is 12.1 Å². The number of benzene rings is 2. The van der Waals surface area contributed by atoms with Crippen LogP contribution in [-0.4, -0.2) is 30.1 Å². The smallest absolute Gasteiger partial charge is 0.322 e. The normalized spacial score (nSPS) is 10.4. The van der Waals surface area contributed by atoms with Gasteiger partial charge in [0.05, 0.1) is 15.7 Å². The van der Waals surface area contributed by atoms with Crippen LogP contribution in [0.5, 0.6) is 5.75 Å². The molecule has 2 rings (SSSR count). The van der Waals surface area contributed by atoms with Gasteiger partial charge in [-0.1, -0.05) is 42.3 Å². The fraction of sp³-hybridized carbons (Fsp3) is 0.263. The molecule has 150 valence electrons. The van der Waals surface area contributed by atoms with Gasteiger partial charge in [-0.05, 0) is 24.6 Å². The van der Waals surface area contributed by atoms with Gasteiger partial charge in [-0.15, -0.1) is 0 Å². The molecule has 0 fully saturated rings. The molecule has 0 bridgehead atoms. The molecule has 0 aliphatic rings. The summed E-state index contributed by atoms with van der Waals surface area (Å²) in [6, 6.07) is 7.53. The van der Waals surface area contributed by atoms with Crippen molar-refractivity contribution in [1.29, 1.82) is 0 Å². The van der Waals surface area contributed by atoms with Crippen molar-refractivity contribution in [2.24, 2.45) is 0 Å². The van der Waals surface area contributed by atoms with E-state index in [1.54, 1.807) is 18.2 Å². The highest BCUT2D eigenvalue weighted by Gasteiger charge is 2.16. The van der Waals surface area contributed by atoms with Gasteiger partial charge >= 0.3 is 5.97 Å². The maximum Gasteiger partial charge on any atom is 0.322 e. The predicted molar refractivity (Wildman–Crippen MR) is 106 cm³/mol. The highest BCUT2D eigenvalue weighted by atomic mass is 35.5. The van der Waals surface area contributed by atoms with E-state index in [2.05, 4.69) is 10.6 Å². The van der Waals surface area contributed by atoms with E-state index >= 15 is 0 Å². The second-order valence-corrected chi connectivity index (χ2v) is 6.65. The Morgan fingerprint density at radius 3 is 2.50 bits per heavy atom. The topological polar surface area (TPSA) is 87.7 Å². The second kappa shape index (κ2) is 10.1. The van der Waals surface area contributed by atoms with E-state index in [9.17, 15) is 14.0 Å². The number of rotatable bonds is 9. The monoisotopic (exact) mass is 428 g/mol. The maximum absolute atomic E-state index is 14.5. The number of hydrogen-bond donors (Lipinski definition) is 3. The first-order chi connectivity index (χ1) is 13.3. The summed E-state index contributed by atoms with van der Waals surface area (Å²) >= 11 is 12.3. The van der Waals surface area contributed by atoms with Crippen LogP contribution in [0.2, 0.25) is 10.0 Å².